The van der Waals surface area contributed by atoms with Crippen molar-refractivity contribution in [3.63, 3.8) is 0 Å². The van der Waals surface area contributed by atoms with Crippen molar-refractivity contribution in [2.45, 2.75) is 43.0 Å². The highest BCUT2D eigenvalue weighted by atomic mass is 32.2. The molecule has 1 aromatic carbocycles. The summed E-state index contributed by atoms with van der Waals surface area (Å²) in [6.45, 7) is 4.64. The summed E-state index contributed by atoms with van der Waals surface area (Å²) in [5.41, 5.74) is 0.536. The largest absolute Gasteiger partial charge is 0.343 e. The van der Waals surface area contributed by atoms with E-state index in [-0.39, 0.29) is 16.8 Å². The first kappa shape index (κ1) is 17.9. The van der Waals surface area contributed by atoms with Gasteiger partial charge in [0.2, 0.25) is 10.0 Å². The van der Waals surface area contributed by atoms with Gasteiger partial charge in [0.1, 0.15) is 0 Å². The Morgan fingerprint density at radius 1 is 1.04 bits per heavy atom. The highest BCUT2D eigenvalue weighted by Crippen LogP contribution is 2.22. The molecule has 4 heterocycles. The number of hydrogen-bond acceptors (Lipinski definition) is 3. The SMILES string of the molecule is O=C(N[C@H]1C[NH+]2CCC1CC2)c1ccc(S(=O)(=O)N2CCCCC2)cc1. The summed E-state index contributed by atoms with van der Waals surface area (Å²) in [5.74, 6) is 0.500. The number of quaternary nitrogens is 1. The maximum absolute atomic E-state index is 12.7. The molecule has 0 radical (unpaired) electrons. The fourth-order valence-electron chi connectivity index (χ4n) is 4.59. The van der Waals surface area contributed by atoms with Gasteiger partial charge < -0.3 is 10.2 Å². The molecule has 5 rings (SSSR count). The third-order valence-corrected chi connectivity index (χ3v) is 8.11. The van der Waals surface area contributed by atoms with Gasteiger partial charge in [0.05, 0.1) is 30.6 Å². The van der Waals surface area contributed by atoms with E-state index in [4.69, 9.17) is 0 Å². The first-order valence-corrected chi connectivity index (χ1v) is 11.2. The molecule has 7 heteroatoms. The molecule has 4 fully saturated rings. The first-order chi connectivity index (χ1) is 12.5. The van der Waals surface area contributed by atoms with Crippen LogP contribution in [-0.2, 0) is 10.0 Å². The number of amides is 1. The van der Waals surface area contributed by atoms with E-state index in [1.165, 1.54) is 25.9 Å². The van der Waals surface area contributed by atoms with E-state index in [2.05, 4.69) is 5.32 Å². The van der Waals surface area contributed by atoms with E-state index in [0.29, 0.717) is 24.6 Å². The van der Waals surface area contributed by atoms with Gasteiger partial charge in [0, 0.05) is 31.5 Å². The van der Waals surface area contributed by atoms with Gasteiger partial charge in [-0.15, -0.1) is 0 Å². The lowest BCUT2D eigenvalue weighted by atomic mass is 9.84. The minimum atomic E-state index is -3.44. The summed E-state index contributed by atoms with van der Waals surface area (Å²) in [6.07, 6.45) is 5.30. The van der Waals surface area contributed by atoms with Crippen molar-refractivity contribution in [3.05, 3.63) is 29.8 Å². The topological polar surface area (TPSA) is 70.9 Å². The van der Waals surface area contributed by atoms with Crippen LogP contribution in [0, 0.1) is 5.92 Å². The van der Waals surface area contributed by atoms with Crippen LogP contribution in [0.15, 0.2) is 29.2 Å². The van der Waals surface area contributed by atoms with Crippen molar-refractivity contribution in [2.24, 2.45) is 5.92 Å². The van der Waals surface area contributed by atoms with Crippen LogP contribution in [0.25, 0.3) is 0 Å². The van der Waals surface area contributed by atoms with Crippen molar-refractivity contribution in [3.8, 4) is 0 Å². The molecule has 1 aromatic rings. The van der Waals surface area contributed by atoms with E-state index in [0.717, 1.165) is 25.8 Å². The lowest BCUT2D eigenvalue weighted by molar-refractivity contribution is -0.917. The maximum atomic E-state index is 12.7. The Hall–Kier alpha value is -1.44. The predicted molar refractivity (Wildman–Crippen MR) is 98.6 cm³/mol. The van der Waals surface area contributed by atoms with Gasteiger partial charge in [-0.25, -0.2) is 8.42 Å². The zero-order chi connectivity index (χ0) is 18.1. The maximum Gasteiger partial charge on any atom is 0.251 e. The highest BCUT2D eigenvalue weighted by Gasteiger charge is 2.38. The first-order valence-electron chi connectivity index (χ1n) is 9.79. The van der Waals surface area contributed by atoms with Crippen molar-refractivity contribution in [2.75, 3.05) is 32.7 Å². The smallest absolute Gasteiger partial charge is 0.251 e. The van der Waals surface area contributed by atoms with Gasteiger partial charge in [0.15, 0.2) is 0 Å². The summed E-state index contributed by atoms with van der Waals surface area (Å²) in [4.78, 5) is 14.4. The molecule has 4 aliphatic rings. The normalized spacial score (nSPS) is 29.5. The van der Waals surface area contributed by atoms with Crippen molar-refractivity contribution in [1.29, 1.82) is 0 Å². The Balaban J connectivity index is 1.43. The Bertz CT molecular complexity index is 749. The van der Waals surface area contributed by atoms with Crippen molar-refractivity contribution < 1.29 is 18.1 Å². The second-order valence-corrected chi connectivity index (χ2v) is 9.80. The molecule has 0 aliphatic carbocycles. The summed E-state index contributed by atoms with van der Waals surface area (Å²) in [6, 6.07) is 6.67. The molecule has 26 heavy (non-hydrogen) atoms. The third kappa shape index (κ3) is 3.52. The van der Waals surface area contributed by atoms with Gasteiger partial charge in [0.25, 0.3) is 5.91 Å². The molecule has 0 unspecified atom stereocenters. The fourth-order valence-corrected chi connectivity index (χ4v) is 6.10. The van der Waals surface area contributed by atoms with Crippen LogP contribution >= 0.6 is 0 Å². The van der Waals surface area contributed by atoms with Crippen LogP contribution in [0.2, 0.25) is 0 Å². The minimum absolute atomic E-state index is 0.0925. The van der Waals surface area contributed by atoms with Crippen molar-refractivity contribution in [1.82, 2.24) is 9.62 Å². The Kier molecular flexibility index (Phi) is 5.03. The predicted octanol–water partition coefficient (Wildman–Crippen LogP) is 0.268. The lowest BCUT2D eigenvalue weighted by Crippen LogP contribution is -3.17. The number of fused-ring (bicyclic) bond motifs is 3. The van der Waals surface area contributed by atoms with E-state index < -0.39 is 10.0 Å². The van der Waals surface area contributed by atoms with E-state index in [1.807, 2.05) is 0 Å². The summed E-state index contributed by atoms with van der Waals surface area (Å²) >= 11 is 0. The molecule has 0 saturated carbocycles. The molecule has 6 nitrogen and oxygen atoms in total. The van der Waals surface area contributed by atoms with Crippen LogP contribution in [-0.4, -0.2) is 57.4 Å². The summed E-state index contributed by atoms with van der Waals surface area (Å²) in [5, 5.41) is 3.17. The van der Waals surface area contributed by atoms with Crippen LogP contribution in [0.1, 0.15) is 42.5 Å². The Morgan fingerprint density at radius 3 is 2.27 bits per heavy atom. The standard InChI is InChI=1S/C19H27N3O3S/c23-19(20-18-14-21-12-8-15(18)9-13-21)16-4-6-17(7-5-16)26(24,25)22-10-2-1-3-11-22/h4-7,15,18H,1-3,8-14H2,(H,20,23)/p+1/t18-/m0/s1. The average Bonchev–Trinajstić information content (AvgIpc) is 2.69. The van der Waals surface area contributed by atoms with E-state index in [1.54, 1.807) is 33.5 Å². The number of piperidine rings is 4. The molecular weight excluding hydrogens is 350 g/mol. The average molecular weight is 379 g/mol. The molecule has 142 valence electrons. The second kappa shape index (κ2) is 7.29. The highest BCUT2D eigenvalue weighted by molar-refractivity contribution is 7.89. The number of rotatable bonds is 4. The number of benzene rings is 1. The van der Waals surface area contributed by atoms with Crippen LogP contribution < -0.4 is 10.2 Å². The number of sulfonamides is 1. The lowest BCUT2D eigenvalue weighted by Gasteiger charge is -2.42. The van der Waals surface area contributed by atoms with Gasteiger partial charge >= 0.3 is 0 Å². The third-order valence-electron chi connectivity index (χ3n) is 6.20. The van der Waals surface area contributed by atoms with E-state index in [9.17, 15) is 13.2 Å². The molecular formula is C19H28N3O3S+. The number of nitrogens with one attached hydrogen (secondary N) is 2. The monoisotopic (exact) mass is 378 g/mol. The Morgan fingerprint density at radius 2 is 1.69 bits per heavy atom. The van der Waals surface area contributed by atoms with E-state index >= 15 is 0 Å². The van der Waals surface area contributed by atoms with Crippen molar-refractivity contribution >= 4 is 15.9 Å². The molecule has 4 aliphatic heterocycles. The zero-order valence-electron chi connectivity index (χ0n) is 15.1. The van der Waals surface area contributed by atoms with Gasteiger partial charge in [-0.3, -0.25) is 4.79 Å². The second-order valence-electron chi connectivity index (χ2n) is 7.86. The van der Waals surface area contributed by atoms with Gasteiger partial charge in [-0.2, -0.15) is 4.31 Å². The van der Waals surface area contributed by atoms with Crippen LogP contribution in [0.4, 0.5) is 0 Å². The molecule has 2 N–H and O–H groups in total. The summed E-state index contributed by atoms with van der Waals surface area (Å²) in [7, 11) is -3.44. The molecule has 4 saturated heterocycles. The number of hydrogen-bond donors (Lipinski definition) is 2. The summed E-state index contributed by atoms with van der Waals surface area (Å²) < 4.78 is 26.9. The molecule has 1 amide bonds. The number of carbonyl (C=O) groups is 1. The quantitative estimate of drug-likeness (QED) is 0.790. The molecule has 1 atom stereocenters. The zero-order valence-corrected chi connectivity index (χ0v) is 15.9. The molecule has 2 bridgehead atoms. The number of nitrogens with zero attached hydrogens (tertiary/aromatic N) is 1. The van der Waals surface area contributed by atoms with Gasteiger partial charge in [-0.1, -0.05) is 6.42 Å². The van der Waals surface area contributed by atoms with Crippen LogP contribution in [0.5, 0.6) is 0 Å². The van der Waals surface area contributed by atoms with Gasteiger partial charge in [-0.05, 0) is 43.0 Å². The Labute approximate surface area is 155 Å². The molecule has 0 spiro atoms. The number of carbonyl (C=O) groups excluding carboxylic acids is 1. The fraction of sp³-hybridized carbons (Fsp3) is 0.632. The minimum Gasteiger partial charge on any atom is -0.343 e. The molecule has 0 aromatic heterocycles. The van der Waals surface area contributed by atoms with Crippen LogP contribution in [0.3, 0.4) is 0 Å².